The zero-order chi connectivity index (χ0) is 23.2. The molecule has 0 aliphatic rings. The third-order valence-corrected chi connectivity index (χ3v) is 5.66. The summed E-state index contributed by atoms with van der Waals surface area (Å²) in [5.41, 5.74) is 1.91. The topological polar surface area (TPSA) is 58.6 Å². The number of benzene rings is 2. The van der Waals surface area contributed by atoms with Crippen molar-refractivity contribution < 1.29 is 14.3 Å². The van der Waals surface area contributed by atoms with Gasteiger partial charge in [-0.1, -0.05) is 69.1 Å². The van der Waals surface area contributed by atoms with Gasteiger partial charge in [-0.25, -0.2) is 0 Å². The molecule has 0 aliphatic carbocycles. The van der Waals surface area contributed by atoms with Crippen molar-refractivity contribution in [3.63, 3.8) is 0 Å². The molecule has 1 atom stereocenters. The number of nitrogens with one attached hydrogen (secondary N) is 1. The van der Waals surface area contributed by atoms with Crippen molar-refractivity contribution in [3.05, 3.63) is 63.6 Å². The molecule has 0 radical (unpaired) electrons. The number of rotatable bonds is 8. The number of carbonyl (C=O) groups is 2. The summed E-state index contributed by atoms with van der Waals surface area (Å²) in [5.74, 6) is 0.0515. The molecule has 31 heavy (non-hydrogen) atoms. The van der Waals surface area contributed by atoms with Crippen LogP contribution in [0.5, 0.6) is 5.75 Å². The average Bonchev–Trinajstić information content (AvgIpc) is 2.72. The largest absolute Gasteiger partial charge is 0.484 e. The van der Waals surface area contributed by atoms with Gasteiger partial charge in [0, 0.05) is 23.6 Å². The number of ether oxygens (including phenoxy) is 1. The van der Waals surface area contributed by atoms with Crippen molar-refractivity contribution in [3.8, 4) is 5.75 Å². The van der Waals surface area contributed by atoms with Gasteiger partial charge in [-0.2, -0.15) is 0 Å². The summed E-state index contributed by atoms with van der Waals surface area (Å²) in [6, 6.07) is 12.1. The molecule has 2 aromatic rings. The molecule has 0 unspecified atom stereocenters. The average molecular weight is 465 g/mol. The monoisotopic (exact) mass is 464 g/mol. The van der Waals surface area contributed by atoms with Gasteiger partial charge in [0.15, 0.2) is 6.61 Å². The SMILES string of the molecule is CC[C@H](C(=O)NC)N(Cc1ccc(Cl)cc1Cl)C(=O)COc1ccc(C(C)(C)C)cc1. The van der Waals surface area contributed by atoms with Crippen molar-refractivity contribution in [1.29, 1.82) is 0 Å². The predicted octanol–water partition coefficient (Wildman–Crippen LogP) is 5.22. The van der Waals surface area contributed by atoms with E-state index < -0.39 is 6.04 Å². The number of hydrogen-bond donors (Lipinski definition) is 1. The van der Waals surface area contributed by atoms with E-state index in [-0.39, 0.29) is 30.4 Å². The minimum atomic E-state index is -0.642. The first-order valence-corrected chi connectivity index (χ1v) is 11.0. The van der Waals surface area contributed by atoms with Crippen LogP contribution >= 0.6 is 23.2 Å². The van der Waals surface area contributed by atoms with Crippen molar-refractivity contribution in [2.45, 2.75) is 52.1 Å². The number of halogens is 2. The van der Waals surface area contributed by atoms with E-state index in [1.165, 1.54) is 10.5 Å². The molecule has 2 aromatic carbocycles. The van der Waals surface area contributed by atoms with Crippen LogP contribution in [0.15, 0.2) is 42.5 Å². The summed E-state index contributed by atoms with van der Waals surface area (Å²) in [6.45, 7) is 8.25. The molecule has 0 spiro atoms. The Morgan fingerprint density at radius 3 is 2.26 bits per heavy atom. The molecule has 168 valence electrons. The van der Waals surface area contributed by atoms with Gasteiger partial charge in [-0.3, -0.25) is 9.59 Å². The molecule has 2 rings (SSSR count). The summed E-state index contributed by atoms with van der Waals surface area (Å²) in [7, 11) is 1.55. The molecule has 0 fully saturated rings. The molecule has 0 saturated carbocycles. The molecule has 0 saturated heterocycles. The van der Waals surface area contributed by atoms with Gasteiger partial charge in [0.2, 0.25) is 5.91 Å². The zero-order valence-corrected chi connectivity index (χ0v) is 20.2. The lowest BCUT2D eigenvalue weighted by Gasteiger charge is -2.30. The molecule has 0 heterocycles. The standard InChI is InChI=1S/C24H30Cl2N2O3/c1-6-21(23(30)27-5)28(14-16-7-10-18(25)13-20(16)26)22(29)15-31-19-11-8-17(9-12-19)24(2,3)4/h7-13,21H,6,14-15H2,1-5H3,(H,27,30)/t21-/m1/s1. The Kier molecular flexibility index (Phi) is 8.78. The minimum Gasteiger partial charge on any atom is -0.484 e. The first-order chi connectivity index (χ1) is 14.6. The van der Waals surface area contributed by atoms with Gasteiger partial charge in [-0.15, -0.1) is 0 Å². The number of likely N-dealkylation sites (N-methyl/N-ethyl adjacent to an activating group) is 1. The highest BCUT2D eigenvalue weighted by Gasteiger charge is 2.29. The van der Waals surface area contributed by atoms with Crippen LogP contribution in [0.3, 0.4) is 0 Å². The van der Waals surface area contributed by atoms with Crippen LogP contribution in [-0.4, -0.2) is 36.4 Å². The summed E-state index contributed by atoms with van der Waals surface area (Å²) in [5, 5.41) is 3.57. The highest BCUT2D eigenvalue weighted by atomic mass is 35.5. The van der Waals surface area contributed by atoms with Crippen molar-refractivity contribution >= 4 is 35.0 Å². The van der Waals surface area contributed by atoms with Crippen molar-refractivity contribution in [2.75, 3.05) is 13.7 Å². The van der Waals surface area contributed by atoms with Gasteiger partial charge < -0.3 is 15.0 Å². The van der Waals surface area contributed by atoms with Crippen LogP contribution in [0.2, 0.25) is 10.0 Å². The number of carbonyl (C=O) groups excluding carboxylic acids is 2. The fourth-order valence-corrected chi connectivity index (χ4v) is 3.67. The minimum absolute atomic E-state index is 0.0326. The van der Waals surface area contributed by atoms with Crippen LogP contribution < -0.4 is 10.1 Å². The molecule has 2 amide bonds. The lowest BCUT2D eigenvalue weighted by molar-refractivity contribution is -0.142. The Balaban J connectivity index is 2.20. The van der Waals surface area contributed by atoms with Crippen LogP contribution in [-0.2, 0) is 21.5 Å². The maximum absolute atomic E-state index is 13.1. The first-order valence-electron chi connectivity index (χ1n) is 10.2. The third-order valence-electron chi connectivity index (χ3n) is 5.07. The lowest BCUT2D eigenvalue weighted by Crippen LogP contribution is -2.49. The predicted molar refractivity (Wildman–Crippen MR) is 126 cm³/mol. The highest BCUT2D eigenvalue weighted by Crippen LogP contribution is 2.25. The highest BCUT2D eigenvalue weighted by molar-refractivity contribution is 6.35. The summed E-state index contributed by atoms with van der Waals surface area (Å²) >= 11 is 12.3. The molecule has 0 aliphatic heterocycles. The van der Waals surface area contributed by atoms with E-state index in [2.05, 4.69) is 26.1 Å². The quantitative estimate of drug-likeness (QED) is 0.582. The number of nitrogens with zero attached hydrogens (tertiary/aromatic N) is 1. The van der Waals surface area contributed by atoms with E-state index in [0.29, 0.717) is 27.8 Å². The van der Waals surface area contributed by atoms with Gasteiger partial charge in [-0.05, 0) is 47.2 Å². The molecular formula is C24H30Cl2N2O3. The molecule has 0 bridgehead atoms. The normalized spacial score (nSPS) is 12.2. The number of hydrogen-bond acceptors (Lipinski definition) is 3. The van der Waals surface area contributed by atoms with Crippen LogP contribution in [0.25, 0.3) is 0 Å². The van der Waals surface area contributed by atoms with Crippen LogP contribution in [0, 0.1) is 0 Å². The second-order valence-corrected chi connectivity index (χ2v) is 9.20. The second kappa shape index (κ2) is 10.9. The van der Waals surface area contributed by atoms with Crippen LogP contribution in [0.4, 0.5) is 0 Å². The van der Waals surface area contributed by atoms with E-state index >= 15 is 0 Å². The molecule has 7 heteroatoms. The van der Waals surface area contributed by atoms with Gasteiger partial charge in [0.05, 0.1) is 0 Å². The third kappa shape index (κ3) is 6.88. The first kappa shape index (κ1) is 25.0. The molecular weight excluding hydrogens is 435 g/mol. The van der Waals surface area contributed by atoms with E-state index in [4.69, 9.17) is 27.9 Å². The summed E-state index contributed by atoms with van der Waals surface area (Å²) < 4.78 is 5.73. The van der Waals surface area contributed by atoms with Gasteiger partial charge in [0.1, 0.15) is 11.8 Å². The second-order valence-electron chi connectivity index (χ2n) is 8.36. The van der Waals surface area contributed by atoms with Gasteiger partial charge >= 0.3 is 0 Å². The van der Waals surface area contributed by atoms with E-state index in [1.807, 2.05) is 31.2 Å². The Bertz CT molecular complexity index is 908. The zero-order valence-electron chi connectivity index (χ0n) is 18.7. The van der Waals surface area contributed by atoms with E-state index in [9.17, 15) is 9.59 Å². The smallest absolute Gasteiger partial charge is 0.261 e. The Hall–Kier alpha value is -2.24. The van der Waals surface area contributed by atoms with Crippen molar-refractivity contribution in [2.24, 2.45) is 0 Å². The Morgan fingerprint density at radius 2 is 1.74 bits per heavy atom. The van der Waals surface area contributed by atoms with Crippen LogP contribution in [0.1, 0.15) is 45.2 Å². The molecule has 1 N–H and O–H groups in total. The lowest BCUT2D eigenvalue weighted by atomic mass is 9.87. The fraction of sp³-hybridized carbons (Fsp3) is 0.417. The molecule has 5 nitrogen and oxygen atoms in total. The Labute approximate surface area is 194 Å². The number of amides is 2. The fourth-order valence-electron chi connectivity index (χ4n) is 3.20. The van der Waals surface area contributed by atoms with E-state index in [0.717, 1.165) is 0 Å². The molecule has 0 aromatic heterocycles. The Morgan fingerprint density at radius 1 is 1.10 bits per heavy atom. The summed E-state index contributed by atoms with van der Waals surface area (Å²) in [6.07, 6.45) is 0.455. The maximum atomic E-state index is 13.1. The van der Waals surface area contributed by atoms with Crippen molar-refractivity contribution in [1.82, 2.24) is 10.2 Å². The maximum Gasteiger partial charge on any atom is 0.261 e. The van der Waals surface area contributed by atoms with Gasteiger partial charge in [0.25, 0.3) is 5.91 Å². The van der Waals surface area contributed by atoms with E-state index in [1.54, 1.807) is 25.2 Å². The summed E-state index contributed by atoms with van der Waals surface area (Å²) in [4.78, 5) is 27.0.